The molecule has 0 aliphatic heterocycles. The van der Waals surface area contributed by atoms with E-state index >= 15 is 0 Å². The zero-order valence-electron chi connectivity index (χ0n) is 13.3. The molecule has 0 spiro atoms. The van der Waals surface area contributed by atoms with Gasteiger partial charge in [-0.1, -0.05) is 20.8 Å². The van der Waals surface area contributed by atoms with Gasteiger partial charge in [0, 0.05) is 29.6 Å². The average Bonchev–Trinajstić information content (AvgIpc) is 3.00. The number of hydrogen-bond acceptors (Lipinski definition) is 4. The van der Waals surface area contributed by atoms with E-state index in [-0.39, 0.29) is 5.41 Å². The number of thiazole rings is 1. The Bertz CT molecular complexity index is 617. The normalized spacial score (nSPS) is 15.6. The lowest BCUT2D eigenvalue weighted by atomic mass is 9.93. The van der Waals surface area contributed by atoms with E-state index in [1.165, 1.54) is 24.2 Å². The first-order valence-corrected chi connectivity index (χ1v) is 8.51. The Morgan fingerprint density at radius 1 is 1.38 bits per heavy atom. The Balaban J connectivity index is 1.74. The molecule has 3 rings (SSSR count). The van der Waals surface area contributed by atoms with Gasteiger partial charge < -0.3 is 9.88 Å². The van der Waals surface area contributed by atoms with Gasteiger partial charge in [0.15, 0.2) is 0 Å². The Kier molecular flexibility index (Phi) is 3.88. The summed E-state index contributed by atoms with van der Waals surface area (Å²) < 4.78 is 2.28. The third-order valence-electron chi connectivity index (χ3n) is 3.90. The molecule has 114 valence electrons. The maximum absolute atomic E-state index is 4.80. The van der Waals surface area contributed by atoms with Crippen molar-refractivity contribution >= 4 is 11.3 Å². The molecule has 1 aliphatic carbocycles. The monoisotopic (exact) mass is 304 g/mol. The van der Waals surface area contributed by atoms with Gasteiger partial charge in [0.1, 0.15) is 10.8 Å². The van der Waals surface area contributed by atoms with Crippen molar-refractivity contribution in [2.24, 2.45) is 0 Å². The number of nitrogens with one attached hydrogen (secondary N) is 1. The van der Waals surface area contributed by atoms with Crippen molar-refractivity contribution in [3.63, 3.8) is 0 Å². The highest BCUT2D eigenvalue weighted by Crippen LogP contribution is 2.25. The second-order valence-electron chi connectivity index (χ2n) is 6.91. The van der Waals surface area contributed by atoms with Crippen LogP contribution in [0.3, 0.4) is 0 Å². The van der Waals surface area contributed by atoms with Gasteiger partial charge in [-0.3, -0.25) is 0 Å². The molecule has 0 radical (unpaired) electrons. The van der Waals surface area contributed by atoms with Crippen LogP contribution in [0.15, 0.2) is 11.6 Å². The molecule has 0 unspecified atom stereocenters. The Labute approximate surface area is 130 Å². The number of rotatable bonds is 5. The summed E-state index contributed by atoms with van der Waals surface area (Å²) in [5.41, 5.74) is 2.56. The van der Waals surface area contributed by atoms with Gasteiger partial charge in [0.2, 0.25) is 0 Å². The van der Waals surface area contributed by atoms with Crippen molar-refractivity contribution in [1.82, 2.24) is 19.9 Å². The highest BCUT2D eigenvalue weighted by atomic mass is 32.1. The summed E-state index contributed by atoms with van der Waals surface area (Å²) >= 11 is 1.75. The lowest BCUT2D eigenvalue weighted by Gasteiger charge is -2.14. The fourth-order valence-electron chi connectivity index (χ4n) is 2.27. The predicted octanol–water partition coefficient (Wildman–Crippen LogP) is 3.25. The zero-order chi connectivity index (χ0) is 15.0. The van der Waals surface area contributed by atoms with E-state index in [1.807, 2.05) is 6.20 Å². The van der Waals surface area contributed by atoms with Crippen LogP contribution in [0.1, 0.15) is 55.8 Å². The molecule has 2 aromatic heterocycles. The molecule has 4 nitrogen and oxygen atoms in total. The SMILES string of the molecule is Cc1ncc(CNC2CC2)n1Cc1nc(C(C)(C)C)cs1. The number of hydrogen-bond donors (Lipinski definition) is 1. The minimum absolute atomic E-state index is 0.120. The van der Waals surface area contributed by atoms with Gasteiger partial charge in [-0.05, 0) is 19.8 Å². The van der Waals surface area contributed by atoms with Crippen molar-refractivity contribution in [1.29, 1.82) is 0 Å². The van der Waals surface area contributed by atoms with E-state index in [4.69, 9.17) is 4.98 Å². The third kappa shape index (κ3) is 3.52. The summed E-state index contributed by atoms with van der Waals surface area (Å²) in [6.07, 6.45) is 4.62. The molecule has 0 aromatic carbocycles. The van der Waals surface area contributed by atoms with Gasteiger partial charge in [-0.15, -0.1) is 11.3 Å². The minimum atomic E-state index is 0.120. The predicted molar refractivity (Wildman–Crippen MR) is 86.7 cm³/mol. The van der Waals surface area contributed by atoms with Crippen LogP contribution in [-0.2, 0) is 18.5 Å². The van der Waals surface area contributed by atoms with Gasteiger partial charge in [-0.25, -0.2) is 9.97 Å². The Hall–Kier alpha value is -1.20. The Morgan fingerprint density at radius 2 is 2.14 bits per heavy atom. The molecule has 2 aromatic rings. The maximum atomic E-state index is 4.80. The topological polar surface area (TPSA) is 42.7 Å². The number of nitrogens with zero attached hydrogens (tertiary/aromatic N) is 3. The van der Waals surface area contributed by atoms with Crippen LogP contribution in [-0.4, -0.2) is 20.6 Å². The second kappa shape index (κ2) is 5.54. The second-order valence-corrected chi connectivity index (χ2v) is 7.86. The van der Waals surface area contributed by atoms with E-state index in [0.29, 0.717) is 0 Å². The first-order chi connectivity index (χ1) is 9.93. The first-order valence-electron chi connectivity index (χ1n) is 7.63. The molecule has 1 aliphatic rings. The van der Waals surface area contributed by atoms with E-state index in [2.05, 4.69) is 47.9 Å². The standard InChI is InChI=1S/C16H24N4S/c1-11-17-7-13(8-18-12-5-6-12)20(11)9-15-19-14(10-21-15)16(2,3)4/h7,10,12,18H,5-6,8-9H2,1-4H3. The van der Waals surface area contributed by atoms with E-state index in [1.54, 1.807) is 11.3 Å². The zero-order valence-corrected chi connectivity index (χ0v) is 14.1. The molecule has 1 saturated carbocycles. The van der Waals surface area contributed by atoms with Crippen LogP contribution in [0.5, 0.6) is 0 Å². The molecule has 0 amide bonds. The van der Waals surface area contributed by atoms with Crippen molar-refractivity contribution in [3.05, 3.63) is 33.8 Å². The minimum Gasteiger partial charge on any atom is -0.324 e. The number of aryl methyl sites for hydroxylation is 1. The quantitative estimate of drug-likeness (QED) is 0.922. The Morgan fingerprint density at radius 3 is 2.76 bits per heavy atom. The molecular formula is C16H24N4S. The van der Waals surface area contributed by atoms with Crippen LogP contribution in [0.4, 0.5) is 0 Å². The van der Waals surface area contributed by atoms with E-state index in [9.17, 15) is 0 Å². The summed E-state index contributed by atoms with van der Waals surface area (Å²) in [5.74, 6) is 1.06. The largest absolute Gasteiger partial charge is 0.324 e. The lowest BCUT2D eigenvalue weighted by Crippen LogP contribution is -2.19. The summed E-state index contributed by atoms with van der Waals surface area (Å²) in [7, 11) is 0. The van der Waals surface area contributed by atoms with Gasteiger partial charge in [-0.2, -0.15) is 0 Å². The van der Waals surface area contributed by atoms with Crippen molar-refractivity contribution in [3.8, 4) is 0 Å². The van der Waals surface area contributed by atoms with Crippen LogP contribution in [0, 0.1) is 6.92 Å². The van der Waals surface area contributed by atoms with Crippen LogP contribution in [0.2, 0.25) is 0 Å². The number of aromatic nitrogens is 3. The molecule has 0 saturated heterocycles. The highest BCUT2D eigenvalue weighted by molar-refractivity contribution is 7.09. The molecular weight excluding hydrogens is 280 g/mol. The third-order valence-corrected chi connectivity index (χ3v) is 4.73. The van der Waals surface area contributed by atoms with Crippen LogP contribution >= 0.6 is 11.3 Å². The molecule has 0 bridgehead atoms. The molecule has 5 heteroatoms. The van der Waals surface area contributed by atoms with E-state index in [0.717, 1.165) is 30.0 Å². The lowest BCUT2D eigenvalue weighted by molar-refractivity contribution is 0.567. The van der Waals surface area contributed by atoms with Gasteiger partial charge in [0.25, 0.3) is 0 Å². The summed E-state index contributed by atoms with van der Waals surface area (Å²) in [6, 6.07) is 0.723. The van der Waals surface area contributed by atoms with Crippen LogP contribution < -0.4 is 5.32 Å². The summed E-state index contributed by atoms with van der Waals surface area (Å²) in [5, 5.41) is 6.91. The smallest absolute Gasteiger partial charge is 0.113 e. The fraction of sp³-hybridized carbons (Fsp3) is 0.625. The fourth-order valence-corrected chi connectivity index (χ4v) is 3.28. The maximum Gasteiger partial charge on any atom is 0.113 e. The highest BCUT2D eigenvalue weighted by Gasteiger charge is 2.21. The van der Waals surface area contributed by atoms with Gasteiger partial charge in [0.05, 0.1) is 17.9 Å². The van der Waals surface area contributed by atoms with Crippen molar-refractivity contribution < 1.29 is 0 Å². The molecule has 21 heavy (non-hydrogen) atoms. The average molecular weight is 304 g/mol. The van der Waals surface area contributed by atoms with Gasteiger partial charge >= 0.3 is 0 Å². The summed E-state index contributed by atoms with van der Waals surface area (Å²) in [4.78, 5) is 9.26. The molecule has 0 atom stereocenters. The van der Waals surface area contributed by atoms with E-state index < -0.39 is 0 Å². The van der Waals surface area contributed by atoms with Crippen LogP contribution in [0.25, 0.3) is 0 Å². The molecule has 1 N–H and O–H groups in total. The molecule has 2 heterocycles. The first kappa shape index (κ1) is 14.7. The number of imidazole rings is 1. The summed E-state index contributed by atoms with van der Waals surface area (Å²) in [6.45, 7) is 10.4. The molecule has 1 fully saturated rings. The van der Waals surface area contributed by atoms with Crippen molar-refractivity contribution in [2.75, 3.05) is 0 Å². The van der Waals surface area contributed by atoms with Crippen molar-refractivity contribution in [2.45, 2.75) is 65.1 Å².